The third kappa shape index (κ3) is 3.57. The Morgan fingerprint density at radius 3 is 2.45 bits per heavy atom. The molecule has 2 N–H and O–H groups in total. The van der Waals surface area contributed by atoms with Gasteiger partial charge in [-0.15, -0.1) is 5.10 Å². The van der Waals surface area contributed by atoms with E-state index in [0.29, 0.717) is 39.6 Å². The molecule has 0 aliphatic carbocycles. The first-order chi connectivity index (χ1) is 15.9. The maximum absolute atomic E-state index is 11.3. The molecule has 11 nitrogen and oxygen atoms in total. The lowest BCUT2D eigenvalue weighted by Crippen LogP contribution is -2.31. The molecule has 0 amide bonds. The van der Waals surface area contributed by atoms with Crippen molar-refractivity contribution in [3.8, 4) is 40.5 Å². The van der Waals surface area contributed by atoms with Crippen molar-refractivity contribution in [2.45, 2.75) is 5.92 Å². The van der Waals surface area contributed by atoms with Gasteiger partial charge in [-0.25, -0.2) is 0 Å². The molecule has 33 heavy (non-hydrogen) atoms. The quantitative estimate of drug-likeness (QED) is 0.426. The summed E-state index contributed by atoms with van der Waals surface area (Å²) in [5.74, 6) is -0.700. The second-order valence-corrected chi connectivity index (χ2v) is 7.13. The van der Waals surface area contributed by atoms with Gasteiger partial charge in [-0.1, -0.05) is 12.1 Å². The highest BCUT2D eigenvalue weighted by atomic mass is 16.6. The largest absolute Gasteiger partial charge is 0.493 e. The molecule has 0 saturated carbocycles. The molecule has 0 radical (unpaired) electrons. The van der Waals surface area contributed by atoms with Crippen LogP contribution in [0.15, 0.2) is 36.4 Å². The van der Waals surface area contributed by atoms with Gasteiger partial charge in [0.25, 0.3) is 5.69 Å². The van der Waals surface area contributed by atoms with Gasteiger partial charge in [-0.05, 0) is 17.7 Å². The fraction of sp³-hybridized carbons (Fsp3) is 0.227. The minimum atomic E-state index is -0.990. The van der Waals surface area contributed by atoms with Gasteiger partial charge in [0.2, 0.25) is 17.5 Å². The van der Waals surface area contributed by atoms with Crippen LogP contribution in [-0.4, -0.2) is 42.3 Å². The van der Waals surface area contributed by atoms with E-state index >= 15 is 0 Å². The molecular weight excluding hydrogens is 430 g/mol. The normalized spacial score (nSPS) is 16.8. The predicted octanol–water partition coefficient (Wildman–Crippen LogP) is 3.65. The number of nitro groups is 1. The van der Waals surface area contributed by atoms with Crippen molar-refractivity contribution in [2.24, 2.45) is 5.92 Å². The fourth-order valence-corrected chi connectivity index (χ4v) is 3.95. The Morgan fingerprint density at radius 2 is 1.88 bits per heavy atom. The van der Waals surface area contributed by atoms with Gasteiger partial charge in [-0.2, -0.15) is 5.26 Å². The number of fused-ring (bicyclic) bond motifs is 1. The molecule has 168 valence electrons. The van der Waals surface area contributed by atoms with Crippen molar-refractivity contribution >= 4 is 11.6 Å². The number of nitrogens with one attached hydrogen (secondary N) is 2. The smallest absolute Gasteiger partial charge is 0.270 e. The Kier molecular flexibility index (Phi) is 5.58. The molecule has 0 saturated heterocycles. The van der Waals surface area contributed by atoms with E-state index in [2.05, 4.69) is 16.3 Å². The Labute approximate surface area is 188 Å². The Morgan fingerprint density at radius 1 is 1.18 bits per heavy atom. The van der Waals surface area contributed by atoms with Crippen molar-refractivity contribution in [1.29, 1.82) is 10.7 Å². The Bertz CT molecular complexity index is 1270. The van der Waals surface area contributed by atoms with E-state index < -0.39 is 16.8 Å². The average Bonchev–Trinajstić information content (AvgIpc) is 3.25. The molecule has 0 spiro atoms. The second-order valence-electron chi connectivity index (χ2n) is 7.13. The molecule has 4 rings (SSSR count). The molecule has 2 unspecified atom stereocenters. The Balaban J connectivity index is 1.97. The second kappa shape index (κ2) is 8.51. The summed E-state index contributed by atoms with van der Waals surface area (Å²) in [7, 11) is 4.44. The van der Waals surface area contributed by atoms with Crippen molar-refractivity contribution in [3.63, 3.8) is 0 Å². The number of H-pyrrole nitrogens is 1. The average molecular weight is 449 g/mol. The van der Waals surface area contributed by atoms with Crippen molar-refractivity contribution < 1.29 is 23.9 Å². The highest BCUT2D eigenvalue weighted by molar-refractivity contribution is 5.87. The summed E-state index contributed by atoms with van der Waals surface area (Å²) < 4.78 is 21.8. The van der Waals surface area contributed by atoms with Crippen molar-refractivity contribution in [3.05, 3.63) is 57.6 Å². The number of benzene rings is 2. The summed E-state index contributed by atoms with van der Waals surface area (Å²) in [5, 5.41) is 36.5. The third-order valence-corrected chi connectivity index (χ3v) is 5.43. The first-order valence-electron chi connectivity index (χ1n) is 9.72. The van der Waals surface area contributed by atoms with E-state index in [9.17, 15) is 15.4 Å². The van der Waals surface area contributed by atoms with Gasteiger partial charge in [0.1, 0.15) is 5.92 Å². The topological polar surface area (TPSA) is 156 Å². The van der Waals surface area contributed by atoms with Crippen LogP contribution in [0.3, 0.4) is 0 Å². The molecular formula is C22H19N5O6. The zero-order valence-electron chi connectivity index (χ0n) is 17.9. The van der Waals surface area contributed by atoms with Crippen LogP contribution in [-0.2, 0) is 0 Å². The lowest BCUT2D eigenvalue weighted by molar-refractivity contribution is -0.384. The molecule has 2 aromatic carbocycles. The lowest BCUT2D eigenvalue weighted by atomic mass is 9.78. The molecule has 1 aliphatic heterocycles. The van der Waals surface area contributed by atoms with Crippen LogP contribution >= 0.6 is 0 Å². The van der Waals surface area contributed by atoms with Crippen LogP contribution in [0.2, 0.25) is 0 Å². The third-order valence-electron chi connectivity index (χ3n) is 5.43. The predicted molar refractivity (Wildman–Crippen MR) is 116 cm³/mol. The van der Waals surface area contributed by atoms with Crippen LogP contribution in [0.1, 0.15) is 17.0 Å². The maximum atomic E-state index is 11.3. The number of hydrogen-bond donors (Lipinski definition) is 2. The number of nitrogens with zero attached hydrogens (tertiary/aromatic N) is 3. The van der Waals surface area contributed by atoms with E-state index in [1.54, 1.807) is 24.3 Å². The van der Waals surface area contributed by atoms with Crippen LogP contribution in [0.5, 0.6) is 23.1 Å². The number of methoxy groups -OCH3 is 3. The summed E-state index contributed by atoms with van der Waals surface area (Å²) in [6.45, 7) is 0. The van der Waals surface area contributed by atoms with Gasteiger partial charge >= 0.3 is 0 Å². The molecule has 2 heterocycles. The number of non-ortho nitro benzene ring substituents is 1. The summed E-state index contributed by atoms with van der Waals surface area (Å²) >= 11 is 0. The monoisotopic (exact) mass is 449 g/mol. The van der Waals surface area contributed by atoms with Crippen molar-refractivity contribution in [1.82, 2.24) is 10.2 Å². The van der Waals surface area contributed by atoms with Crippen molar-refractivity contribution in [2.75, 3.05) is 21.3 Å². The molecule has 1 aliphatic rings. The SMILES string of the molecule is COc1cc(C2c3c(n[nH]c3-c3cccc([N+](=O)[O-])c3)OC(=N)C2C#N)cc(OC)c1OC. The zero-order chi connectivity index (χ0) is 23.7. The molecule has 2 atom stereocenters. The first-order valence-corrected chi connectivity index (χ1v) is 9.72. The first kappa shape index (κ1) is 21.6. The van der Waals surface area contributed by atoms with Gasteiger partial charge < -0.3 is 18.9 Å². The Hall–Kier alpha value is -4.59. The van der Waals surface area contributed by atoms with E-state index in [4.69, 9.17) is 24.4 Å². The number of ether oxygens (including phenoxy) is 4. The van der Waals surface area contributed by atoms with Gasteiger partial charge in [0.05, 0.1) is 43.6 Å². The van der Waals surface area contributed by atoms with E-state index in [0.717, 1.165) is 0 Å². The van der Waals surface area contributed by atoms with E-state index in [1.165, 1.54) is 33.5 Å². The van der Waals surface area contributed by atoms with Crippen LogP contribution < -0.4 is 18.9 Å². The molecule has 0 fully saturated rings. The summed E-state index contributed by atoms with van der Waals surface area (Å²) in [6.07, 6.45) is 0. The number of nitro benzene ring substituents is 1. The van der Waals surface area contributed by atoms with Crippen LogP contribution in [0.4, 0.5) is 5.69 Å². The summed E-state index contributed by atoms with van der Waals surface area (Å²) in [6, 6.07) is 11.6. The number of aromatic amines is 1. The molecule has 11 heteroatoms. The van der Waals surface area contributed by atoms with Gasteiger partial charge in [-0.3, -0.25) is 20.6 Å². The highest BCUT2D eigenvalue weighted by Crippen LogP contribution is 2.49. The minimum Gasteiger partial charge on any atom is -0.493 e. The van der Waals surface area contributed by atoms with Crippen LogP contribution in [0, 0.1) is 32.8 Å². The minimum absolute atomic E-state index is 0.0958. The summed E-state index contributed by atoms with van der Waals surface area (Å²) in [5.41, 5.74) is 1.93. The lowest BCUT2D eigenvalue weighted by Gasteiger charge is -2.29. The molecule has 3 aromatic rings. The number of nitriles is 1. The molecule has 1 aromatic heterocycles. The summed E-state index contributed by atoms with van der Waals surface area (Å²) in [4.78, 5) is 10.8. The fourth-order valence-electron chi connectivity index (χ4n) is 3.95. The number of aromatic nitrogens is 2. The molecule has 0 bridgehead atoms. The maximum Gasteiger partial charge on any atom is 0.270 e. The number of rotatable bonds is 6. The van der Waals surface area contributed by atoms with Gasteiger partial charge in [0, 0.05) is 23.6 Å². The van der Waals surface area contributed by atoms with E-state index in [1.807, 2.05) is 0 Å². The zero-order valence-corrected chi connectivity index (χ0v) is 17.9. The standard InChI is InChI=1S/C22H19N5O6/c1-30-15-8-12(9-16(31-2)20(15)32-3)17-14(10-23)21(24)33-22-18(17)19(25-26-22)11-5-4-6-13(7-11)27(28)29/h4-9,14,17,24H,1-3H3,(H,25,26). The highest BCUT2D eigenvalue weighted by Gasteiger charge is 2.41. The van der Waals surface area contributed by atoms with Crippen LogP contribution in [0.25, 0.3) is 11.3 Å². The number of hydrogen-bond acceptors (Lipinski definition) is 9. The van der Waals surface area contributed by atoms with Gasteiger partial charge in [0.15, 0.2) is 11.5 Å². The van der Waals surface area contributed by atoms with E-state index in [-0.39, 0.29) is 17.5 Å².